The number of rotatable bonds is 10. The Bertz CT molecular complexity index is 1240. The highest BCUT2D eigenvalue weighted by Gasteiger charge is 2.37. The smallest absolute Gasteiger partial charge is 0.264 e. The number of carbonyl (C=O) groups excluding carboxylic acids is 2. The molecular weight excluding hydrogens is 480 g/mol. The molecule has 0 bridgehead atoms. The lowest BCUT2D eigenvalue weighted by Crippen LogP contribution is -2.42. The van der Waals surface area contributed by atoms with E-state index in [9.17, 15) is 9.59 Å². The van der Waals surface area contributed by atoms with E-state index in [1.54, 1.807) is 27.4 Å². The fourth-order valence-corrected chi connectivity index (χ4v) is 4.93. The molecule has 36 heavy (non-hydrogen) atoms. The zero-order chi connectivity index (χ0) is 25.7. The first-order valence-corrected chi connectivity index (χ1v) is 12.4. The maximum atomic E-state index is 13.7. The van der Waals surface area contributed by atoms with E-state index in [4.69, 9.17) is 19.3 Å². The van der Waals surface area contributed by atoms with Gasteiger partial charge in [-0.1, -0.05) is 6.07 Å². The summed E-state index contributed by atoms with van der Waals surface area (Å²) in [6.45, 7) is 0.469. The van der Waals surface area contributed by atoms with E-state index in [1.165, 1.54) is 21.2 Å². The van der Waals surface area contributed by atoms with Crippen molar-refractivity contribution in [1.29, 1.82) is 0 Å². The van der Waals surface area contributed by atoms with Gasteiger partial charge in [-0.25, -0.2) is 5.01 Å². The lowest BCUT2D eigenvalue weighted by Gasteiger charge is -2.27. The van der Waals surface area contributed by atoms with Gasteiger partial charge in [0.2, 0.25) is 0 Å². The first kappa shape index (κ1) is 25.5. The predicted molar refractivity (Wildman–Crippen MR) is 138 cm³/mol. The minimum Gasteiger partial charge on any atom is -0.497 e. The Morgan fingerprint density at radius 2 is 1.97 bits per heavy atom. The second kappa shape index (κ2) is 11.4. The molecule has 1 atom stereocenters. The molecule has 0 radical (unpaired) electrons. The average molecular weight is 511 g/mol. The number of carbonyl (C=O) groups is 2. The van der Waals surface area contributed by atoms with Crippen LogP contribution in [-0.2, 0) is 16.6 Å². The molecule has 1 aliphatic rings. The summed E-state index contributed by atoms with van der Waals surface area (Å²) in [5, 5.41) is 8.06. The summed E-state index contributed by atoms with van der Waals surface area (Å²) in [6.07, 6.45) is 2.43. The topological polar surface area (TPSA) is 85.6 Å². The van der Waals surface area contributed by atoms with Gasteiger partial charge in [0.05, 0.1) is 43.2 Å². The zero-order valence-electron chi connectivity index (χ0n) is 20.8. The summed E-state index contributed by atoms with van der Waals surface area (Å²) in [7, 11) is 6.70. The SMILES string of the molecule is COCCN(CC(=O)N1N=C(c2cccn2C)C[C@H]1c1cc(OC)ccc1OC)C(=O)c1cccs1. The Morgan fingerprint density at radius 3 is 2.61 bits per heavy atom. The largest absolute Gasteiger partial charge is 0.497 e. The third-order valence-corrected chi connectivity index (χ3v) is 6.97. The highest BCUT2D eigenvalue weighted by molar-refractivity contribution is 7.12. The normalized spacial score (nSPS) is 15.1. The summed E-state index contributed by atoms with van der Waals surface area (Å²) in [6, 6.07) is 12.6. The molecule has 4 rings (SSSR count). The second-order valence-electron chi connectivity index (χ2n) is 8.31. The van der Waals surface area contributed by atoms with Crippen molar-refractivity contribution in [2.24, 2.45) is 12.1 Å². The summed E-state index contributed by atoms with van der Waals surface area (Å²) in [5.41, 5.74) is 2.48. The summed E-state index contributed by atoms with van der Waals surface area (Å²) < 4.78 is 18.2. The van der Waals surface area contributed by atoms with E-state index in [0.29, 0.717) is 29.4 Å². The third kappa shape index (κ3) is 5.29. The van der Waals surface area contributed by atoms with Crippen LogP contribution in [0.15, 0.2) is 59.1 Å². The highest BCUT2D eigenvalue weighted by Crippen LogP contribution is 2.39. The molecule has 0 aliphatic carbocycles. The Labute approximate surface area is 214 Å². The lowest BCUT2D eigenvalue weighted by atomic mass is 9.99. The molecule has 0 saturated carbocycles. The van der Waals surface area contributed by atoms with Crippen molar-refractivity contribution in [1.82, 2.24) is 14.5 Å². The molecule has 1 aromatic carbocycles. The fraction of sp³-hybridized carbons (Fsp3) is 0.346. The van der Waals surface area contributed by atoms with E-state index in [2.05, 4.69) is 0 Å². The summed E-state index contributed by atoms with van der Waals surface area (Å²) in [4.78, 5) is 28.9. The van der Waals surface area contributed by atoms with Crippen LogP contribution in [0.25, 0.3) is 0 Å². The van der Waals surface area contributed by atoms with Gasteiger partial charge in [0.25, 0.3) is 11.8 Å². The van der Waals surface area contributed by atoms with Crippen LogP contribution < -0.4 is 9.47 Å². The first-order valence-electron chi connectivity index (χ1n) is 11.5. The number of methoxy groups -OCH3 is 3. The number of ether oxygens (including phenoxy) is 3. The second-order valence-corrected chi connectivity index (χ2v) is 9.26. The van der Waals surface area contributed by atoms with Crippen molar-refractivity contribution in [3.05, 3.63) is 70.2 Å². The van der Waals surface area contributed by atoms with E-state index < -0.39 is 6.04 Å². The first-order chi connectivity index (χ1) is 17.5. The quantitative estimate of drug-likeness (QED) is 0.416. The van der Waals surface area contributed by atoms with Crippen molar-refractivity contribution in [3.63, 3.8) is 0 Å². The minimum atomic E-state index is -0.423. The Morgan fingerprint density at radius 1 is 1.14 bits per heavy atom. The molecule has 3 aromatic rings. The highest BCUT2D eigenvalue weighted by atomic mass is 32.1. The fourth-order valence-electron chi connectivity index (χ4n) is 4.24. The molecule has 0 spiro atoms. The minimum absolute atomic E-state index is 0.132. The van der Waals surface area contributed by atoms with Crippen molar-refractivity contribution in [2.75, 3.05) is 41.0 Å². The molecule has 2 amide bonds. The number of aromatic nitrogens is 1. The molecular formula is C26H30N4O5S. The third-order valence-electron chi connectivity index (χ3n) is 6.11. The monoisotopic (exact) mass is 510 g/mol. The zero-order valence-corrected chi connectivity index (χ0v) is 21.7. The molecule has 9 nitrogen and oxygen atoms in total. The van der Waals surface area contributed by atoms with E-state index in [-0.39, 0.29) is 24.9 Å². The van der Waals surface area contributed by atoms with Crippen molar-refractivity contribution >= 4 is 28.9 Å². The number of thiophene rings is 1. The predicted octanol–water partition coefficient (Wildman–Crippen LogP) is 3.57. The summed E-state index contributed by atoms with van der Waals surface area (Å²) >= 11 is 1.34. The molecule has 2 aromatic heterocycles. The van der Waals surface area contributed by atoms with Crippen molar-refractivity contribution < 1.29 is 23.8 Å². The van der Waals surface area contributed by atoms with Crippen LogP contribution >= 0.6 is 11.3 Å². The van der Waals surface area contributed by atoms with Crippen molar-refractivity contribution in [3.8, 4) is 11.5 Å². The molecule has 0 fully saturated rings. The number of aryl methyl sites for hydroxylation is 1. The van der Waals surface area contributed by atoms with Crippen molar-refractivity contribution in [2.45, 2.75) is 12.5 Å². The molecule has 0 saturated heterocycles. The Hall–Kier alpha value is -3.63. The van der Waals surface area contributed by atoms with Gasteiger partial charge in [0, 0.05) is 38.9 Å². The van der Waals surface area contributed by atoms with Gasteiger partial charge in [-0.05, 0) is 41.8 Å². The number of benzene rings is 1. The molecule has 0 N–H and O–H groups in total. The number of nitrogens with zero attached hydrogens (tertiary/aromatic N) is 4. The maximum Gasteiger partial charge on any atom is 0.264 e. The average Bonchev–Trinajstić information content (AvgIpc) is 3.66. The van der Waals surface area contributed by atoms with E-state index in [1.807, 2.05) is 59.6 Å². The van der Waals surface area contributed by atoms with Crippen LogP contribution in [0.5, 0.6) is 11.5 Å². The van der Waals surface area contributed by atoms with Gasteiger partial charge in [-0.3, -0.25) is 9.59 Å². The molecule has 3 heterocycles. The van der Waals surface area contributed by atoms with Gasteiger partial charge in [0.1, 0.15) is 18.0 Å². The van der Waals surface area contributed by atoms with Gasteiger partial charge < -0.3 is 23.7 Å². The molecule has 1 aliphatic heterocycles. The van der Waals surface area contributed by atoms with Crippen LogP contribution in [0.3, 0.4) is 0 Å². The standard InChI is InChI=1S/C26H30N4O5S/c1-28-11-5-7-21(28)20-16-22(19-15-18(34-3)9-10-23(19)35-4)30(27-20)25(31)17-29(12-13-33-2)26(32)24-8-6-14-36-24/h5-11,14-15,22H,12-13,16-17H2,1-4H3/t22-/m0/s1. The Balaban J connectivity index is 1.68. The Kier molecular flexibility index (Phi) is 8.07. The van der Waals surface area contributed by atoms with Gasteiger partial charge in [-0.2, -0.15) is 5.10 Å². The lowest BCUT2D eigenvalue weighted by molar-refractivity contribution is -0.133. The number of hydrogen-bond donors (Lipinski definition) is 0. The molecule has 10 heteroatoms. The number of hydrazone groups is 1. The van der Waals surface area contributed by atoms with Crippen LogP contribution in [-0.4, -0.2) is 73.0 Å². The van der Waals surface area contributed by atoms with Crippen LogP contribution in [0.2, 0.25) is 0 Å². The van der Waals surface area contributed by atoms with Crippen LogP contribution in [0, 0.1) is 0 Å². The molecule has 0 unspecified atom stereocenters. The molecule has 190 valence electrons. The van der Waals surface area contributed by atoms with E-state index >= 15 is 0 Å². The van der Waals surface area contributed by atoms with Gasteiger partial charge in [0.15, 0.2) is 0 Å². The van der Waals surface area contributed by atoms with Crippen LogP contribution in [0.4, 0.5) is 0 Å². The van der Waals surface area contributed by atoms with Gasteiger partial charge >= 0.3 is 0 Å². The number of hydrogen-bond acceptors (Lipinski definition) is 7. The number of amides is 2. The van der Waals surface area contributed by atoms with Gasteiger partial charge in [-0.15, -0.1) is 11.3 Å². The summed E-state index contributed by atoms with van der Waals surface area (Å²) in [5.74, 6) is 0.778. The van der Waals surface area contributed by atoms with Crippen LogP contribution in [0.1, 0.15) is 33.4 Å². The van der Waals surface area contributed by atoms with E-state index in [0.717, 1.165) is 17.0 Å². The maximum absolute atomic E-state index is 13.7.